The van der Waals surface area contributed by atoms with Gasteiger partial charge in [0.1, 0.15) is 11.8 Å². The molecule has 0 unspecified atom stereocenters. The molecule has 0 fully saturated rings. The minimum absolute atomic E-state index is 0.0667. The molecule has 0 spiro atoms. The Hall–Kier alpha value is -2.70. The largest absolute Gasteiger partial charge is 0.416 e. The first-order chi connectivity index (χ1) is 10.5. The van der Waals surface area contributed by atoms with Crippen molar-refractivity contribution in [1.29, 1.82) is 0 Å². The van der Waals surface area contributed by atoms with Crippen LogP contribution in [0.5, 0.6) is 0 Å². The number of nitrogens with zero attached hydrogens (tertiary/aromatic N) is 3. The highest BCUT2D eigenvalue weighted by atomic mass is 19.4. The van der Waals surface area contributed by atoms with E-state index in [-0.39, 0.29) is 6.54 Å². The van der Waals surface area contributed by atoms with Gasteiger partial charge in [-0.25, -0.2) is 0 Å². The van der Waals surface area contributed by atoms with Crippen molar-refractivity contribution in [3.05, 3.63) is 48.3 Å². The molecule has 0 aliphatic carbocycles. The topological polar surface area (TPSA) is 47.8 Å². The highest BCUT2D eigenvalue weighted by molar-refractivity contribution is 5.81. The number of rotatable bonds is 3. The summed E-state index contributed by atoms with van der Waals surface area (Å²) < 4.78 is 39.8. The lowest BCUT2D eigenvalue weighted by Gasteiger charge is -2.09. The number of alkyl halides is 3. The Bertz CT molecular complexity index is 839. The molecule has 7 heteroatoms. The average Bonchev–Trinajstić information content (AvgIpc) is 2.89. The predicted molar refractivity (Wildman–Crippen MR) is 74.0 cm³/mol. The molecule has 0 saturated heterocycles. The second-order valence-electron chi connectivity index (χ2n) is 4.70. The lowest BCUT2D eigenvalue weighted by Crippen LogP contribution is -2.04. The van der Waals surface area contributed by atoms with E-state index in [1.165, 1.54) is 23.1 Å². The van der Waals surface area contributed by atoms with Gasteiger partial charge in [-0.05, 0) is 23.8 Å². The monoisotopic (exact) mass is 305 g/mol. The molecule has 0 aliphatic rings. The highest BCUT2D eigenvalue weighted by Gasteiger charge is 2.30. The second kappa shape index (κ2) is 5.25. The Labute approximate surface area is 123 Å². The zero-order valence-electron chi connectivity index (χ0n) is 11.2. The van der Waals surface area contributed by atoms with E-state index < -0.39 is 11.7 Å². The average molecular weight is 305 g/mol. The zero-order chi connectivity index (χ0) is 15.7. The lowest BCUT2D eigenvalue weighted by molar-refractivity contribution is -0.137. The van der Waals surface area contributed by atoms with Gasteiger partial charge in [-0.2, -0.15) is 18.3 Å². The van der Waals surface area contributed by atoms with Crippen LogP contribution in [0.4, 0.5) is 13.2 Å². The van der Waals surface area contributed by atoms with E-state index in [0.29, 0.717) is 28.4 Å². The normalized spacial score (nSPS) is 11.8. The van der Waals surface area contributed by atoms with Crippen molar-refractivity contribution >= 4 is 17.3 Å². The van der Waals surface area contributed by atoms with E-state index in [0.717, 1.165) is 12.1 Å². The molecule has 3 aromatic rings. The molecule has 0 bridgehead atoms. The molecule has 0 N–H and O–H groups in total. The molecule has 0 amide bonds. The van der Waals surface area contributed by atoms with Crippen molar-refractivity contribution in [3.8, 4) is 11.1 Å². The molecule has 0 aliphatic heterocycles. The van der Waals surface area contributed by atoms with Gasteiger partial charge < -0.3 is 4.79 Å². The van der Waals surface area contributed by atoms with Gasteiger partial charge in [0.05, 0.1) is 23.8 Å². The zero-order valence-corrected chi connectivity index (χ0v) is 11.2. The number of pyridine rings is 1. The molecule has 0 atom stereocenters. The summed E-state index contributed by atoms with van der Waals surface area (Å²) in [6.07, 6.45) is -0.699. The summed E-state index contributed by atoms with van der Waals surface area (Å²) in [4.78, 5) is 14.8. The molecular weight excluding hydrogens is 295 g/mol. The molecule has 0 radical (unpaired) electrons. The van der Waals surface area contributed by atoms with Crippen molar-refractivity contribution in [2.75, 3.05) is 0 Å². The van der Waals surface area contributed by atoms with Crippen molar-refractivity contribution in [3.63, 3.8) is 0 Å². The Kier molecular flexibility index (Phi) is 3.40. The van der Waals surface area contributed by atoms with Gasteiger partial charge in [-0.1, -0.05) is 12.1 Å². The highest BCUT2D eigenvalue weighted by Crippen LogP contribution is 2.32. The third kappa shape index (κ3) is 2.57. The second-order valence-corrected chi connectivity index (χ2v) is 4.70. The Balaban J connectivity index is 2.10. The van der Waals surface area contributed by atoms with Crippen LogP contribution >= 0.6 is 0 Å². The summed E-state index contributed by atoms with van der Waals surface area (Å²) in [5, 5.41) is 4.02. The summed E-state index contributed by atoms with van der Waals surface area (Å²) in [7, 11) is 0. The molecule has 1 aromatic carbocycles. The van der Waals surface area contributed by atoms with E-state index in [2.05, 4.69) is 10.1 Å². The van der Waals surface area contributed by atoms with E-state index in [4.69, 9.17) is 0 Å². The number of aldehydes is 1. The summed E-state index contributed by atoms with van der Waals surface area (Å²) in [6, 6.07) is 6.70. The Morgan fingerprint density at radius 2 is 1.95 bits per heavy atom. The molecule has 4 nitrogen and oxygen atoms in total. The first-order valence-corrected chi connectivity index (χ1v) is 6.42. The van der Waals surface area contributed by atoms with Gasteiger partial charge in [-0.3, -0.25) is 9.67 Å². The summed E-state index contributed by atoms with van der Waals surface area (Å²) in [5.74, 6) is 0. The first kappa shape index (κ1) is 14.2. The van der Waals surface area contributed by atoms with Crippen molar-refractivity contribution in [1.82, 2.24) is 14.8 Å². The Morgan fingerprint density at radius 3 is 2.68 bits per heavy atom. The molecule has 3 rings (SSSR count). The van der Waals surface area contributed by atoms with Crippen LogP contribution in [-0.2, 0) is 17.5 Å². The molecule has 112 valence electrons. The molecule has 2 heterocycles. The molecule has 22 heavy (non-hydrogen) atoms. The van der Waals surface area contributed by atoms with Crippen LogP contribution in [0.15, 0.2) is 42.7 Å². The Morgan fingerprint density at radius 1 is 1.14 bits per heavy atom. The maximum atomic E-state index is 12.8. The maximum absolute atomic E-state index is 12.8. The van der Waals surface area contributed by atoms with E-state index in [1.807, 2.05) is 0 Å². The summed E-state index contributed by atoms with van der Waals surface area (Å²) >= 11 is 0. The fourth-order valence-electron chi connectivity index (χ4n) is 2.21. The van der Waals surface area contributed by atoms with Crippen LogP contribution in [0.1, 0.15) is 5.56 Å². The summed E-state index contributed by atoms with van der Waals surface area (Å²) in [5.41, 5.74) is 1.40. The minimum atomic E-state index is -4.40. The van der Waals surface area contributed by atoms with E-state index in [9.17, 15) is 18.0 Å². The SMILES string of the molecule is O=CCn1ncc2ncc(-c3cccc(C(F)(F)F)c3)cc21. The van der Waals surface area contributed by atoms with Gasteiger partial charge in [0.2, 0.25) is 0 Å². The number of benzene rings is 1. The third-order valence-corrected chi connectivity index (χ3v) is 3.27. The van der Waals surface area contributed by atoms with E-state index >= 15 is 0 Å². The van der Waals surface area contributed by atoms with Crippen molar-refractivity contribution in [2.45, 2.75) is 12.7 Å². The number of hydrogen-bond donors (Lipinski definition) is 0. The van der Waals surface area contributed by atoms with Crippen LogP contribution < -0.4 is 0 Å². The number of aromatic nitrogens is 3. The third-order valence-electron chi connectivity index (χ3n) is 3.27. The van der Waals surface area contributed by atoms with Gasteiger partial charge in [0.25, 0.3) is 0 Å². The standard InChI is InChI=1S/C15H10F3N3O/c16-15(17,18)12-3-1-2-10(6-12)11-7-14-13(19-8-11)9-20-21(14)4-5-22/h1-3,5-9H,4H2. The fourth-order valence-corrected chi connectivity index (χ4v) is 2.21. The quantitative estimate of drug-likeness (QED) is 0.697. The first-order valence-electron chi connectivity index (χ1n) is 6.42. The number of hydrogen-bond acceptors (Lipinski definition) is 3. The van der Waals surface area contributed by atoms with Gasteiger partial charge in [0.15, 0.2) is 0 Å². The van der Waals surface area contributed by atoms with Gasteiger partial charge >= 0.3 is 6.18 Å². The predicted octanol–water partition coefficient (Wildman–Crippen LogP) is 3.32. The fraction of sp³-hybridized carbons (Fsp3) is 0.133. The number of carbonyl (C=O) groups excluding carboxylic acids is 1. The number of fused-ring (bicyclic) bond motifs is 1. The van der Waals surface area contributed by atoms with Crippen molar-refractivity contribution < 1.29 is 18.0 Å². The van der Waals surface area contributed by atoms with Crippen LogP contribution in [0, 0.1) is 0 Å². The van der Waals surface area contributed by atoms with Crippen LogP contribution in [-0.4, -0.2) is 21.1 Å². The molecule has 0 saturated carbocycles. The smallest absolute Gasteiger partial charge is 0.301 e. The van der Waals surface area contributed by atoms with Gasteiger partial charge in [0, 0.05) is 11.8 Å². The van der Waals surface area contributed by atoms with Crippen LogP contribution in [0.2, 0.25) is 0 Å². The molecular formula is C15H10F3N3O. The van der Waals surface area contributed by atoms with Gasteiger partial charge in [-0.15, -0.1) is 0 Å². The molecule has 2 aromatic heterocycles. The number of halogens is 3. The maximum Gasteiger partial charge on any atom is 0.416 e. The number of carbonyl (C=O) groups is 1. The minimum Gasteiger partial charge on any atom is -0.301 e. The van der Waals surface area contributed by atoms with Crippen LogP contribution in [0.3, 0.4) is 0 Å². The van der Waals surface area contributed by atoms with Crippen LogP contribution in [0.25, 0.3) is 22.2 Å². The lowest BCUT2D eigenvalue weighted by atomic mass is 10.0. The van der Waals surface area contributed by atoms with E-state index in [1.54, 1.807) is 12.1 Å². The van der Waals surface area contributed by atoms with Crippen molar-refractivity contribution in [2.24, 2.45) is 0 Å². The summed E-state index contributed by atoms with van der Waals surface area (Å²) in [6.45, 7) is 0.0667.